The summed E-state index contributed by atoms with van der Waals surface area (Å²) in [6, 6.07) is 5.51. The lowest BCUT2D eigenvalue weighted by Crippen LogP contribution is -2.41. The lowest BCUT2D eigenvalue weighted by Gasteiger charge is -2.32. The Labute approximate surface area is 180 Å². The van der Waals surface area contributed by atoms with Crippen molar-refractivity contribution in [2.75, 3.05) is 20.8 Å². The second-order valence-electron chi connectivity index (χ2n) is 9.27. The van der Waals surface area contributed by atoms with Crippen molar-refractivity contribution >= 4 is 19.3 Å². The van der Waals surface area contributed by atoms with Crippen molar-refractivity contribution in [1.29, 1.82) is 0 Å². The minimum Gasteiger partial charge on any atom is -0.497 e. The number of rotatable bonds is 6. The summed E-state index contributed by atoms with van der Waals surface area (Å²) in [5.74, 6) is 1.36. The molecule has 30 heavy (non-hydrogen) atoms. The van der Waals surface area contributed by atoms with E-state index in [9.17, 15) is 4.79 Å². The molecule has 2 rings (SSSR count). The predicted octanol–water partition coefficient (Wildman–Crippen LogP) is 4.24. The van der Waals surface area contributed by atoms with Crippen LogP contribution in [0, 0.1) is 0 Å². The molecule has 1 heterocycles. The molecule has 1 aliphatic rings. The number of methoxy groups -OCH3 is 2. The fraction of sp³-hybridized carbons (Fsp3) is 0.591. The Kier molecular flexibility index (Phi) is 7.14. The van der Waals surface area contributed by atoms with E-state index in [-0.39, 0.29) is 6.54 Å². The van der Waals surface area contributed by atoms with E-state index in [1.54, 1.807) is 14.2 Å². The lowest BCUT2D eigenvalue weighted by atomic mass is 9.77. The van der Waals surface area contributed by atoms with Crippen LogP contribution in [0.3, 0.4) is 0 Å². The van der Waals surface area contributed by atoms with E-state index in [1.165, 1.54) is 0 Å². The molecule has 1 N–H and O–H groups in total. The first-order chi connectivity index (χ1) is 13.8. The van der Waals surface area contributed by atoms with Crippen LogP contribution in [-0.4, -0.2) is 50.8 Å². The van der Waals surface area contributed by atoms with Crippen molar-refractivity contribution in [1.82, 2.24) is 5.32 Å². The van der Waals surface area contributed by atoms with E-state index in [2.05, 4.69) is 5.32 Å². The minimum absolute atomic E-state index is 0.187. The molecule has 0 saturated carbocycles. The van der Waals surface area contributed by atoms with Crippen molar-refractivity contribution in [3.63, 3.8) is 0 Å². The molecule has 1 amide bonds. The van der Waals surface area contributed by atoms with Gasteiger partial charge in [-0.2, -0.15) is 0 Å². The summed E-state index contributed by atoms with van der Waals surface area (Å²) in [7, 11) is 2.57. The summed E-state index contributed by atoms with van der Waals surface area (Å²) in [6.07, 6.45) is 1.38. The van der Waals surface area contributed by atoms with Crippen molar-refractivity contribution in [3.8, 4) is 11.5 Å². The Morgan fingerprint density at radius 3 is 2.20 bits per heavy atom. The molecular formula is C22H34BNO6. The van der Waals surface area contributed by atoms with Crippen LogP contribution in [0.25, 0.3) is 6.08 Å². The molecular weight excluding hydrogens is 385 g/mol. The third kappa shape index (κ3) is 5.92. The molecule has 166 valence electrons. The molecule has 0 bridgehead atoms. The molecule has 0 atom stereocenters. The van der Waals surface area contributed by atoms with E-state index < -0.39 is 30.0 Å². The average molecular weight is 419 g/mol. The van der Waals surface area contributed by atoms with Crippen LogP contribution in [0.5, 0.6) is 11.5 Å². The van der Waals surface area contributed by atoms with Crippen molar-refractivity contribution < 1.29 is 28.3 Å². The topological polar surface area (TPSA) is 75.3 Å². The highest BCUT2D eigenvalue weighted by Crippen LogP contribution is 2.39. The van der Waals surface area contributed by atoms with Gasteiger partial charge in [0, 0.05) is 12.1 Å². The number of nitrogens with one attached hydrogen (secondary N) is 1. The maximum atomic E-state index is 12.2. The van der Waals surface area contributed by atoms with Crippen LogP contribution in [0.2, 0.25) is 0 Å². The highest BCUT2D eigenvalue weighted by atomic mass is 16.7. The van der Waals surface area contributed by atoms with E-state index in [0.29, 0.717) is 11.5 Å². The van der Waals surface area contributed by atoms with E-state index in [0.717, 1.165) is 11.0 Å². The number of amides is 1. The number of alkyl carbamates (subject to hydrolysis) is 1. The predicted molar refractivity (Wildman–Crippen MR) is 118 cm³/mol. The summed E-state index contributed by atoms with van der Waals surface area (Å²) in [5, 5.41) is 2.80. The zero-order chi connectivity index (χ0) is 22.7. The van der Waals surface area contributed by atoms with Gasteiger partial charge in [-0.3, -0.25) is 0 Å². The molecule has 7 nitrogen and oxygen atoms in total. The van der Waals surface area contributed by atoms with Crippen molar-refractivity contribution in [2.24, 2.45) is 0 Å². The second kappa shape index (κ2) is 8.90. The van der Waals surface area contributed by atoms with Crippen LogP contribution in [0.15, 0.2) is 23.7 Å². The van der Waals surface area contributed by atoms with Gasteiger partial charge in [-0.1, -0.05) is 6.08 Å². The third-order valence-electron chi connectivity index (χ3n) is 5.17. The van der Waals surface area contributed by atoms with Gasteiger partial charge >= 0.3 is 13.2 Å². The minimum atomic E-state index is -0.638. The smallest absolute Gasteiger partial charge is 0.492 e. The van der Waals surface area contributed by atoms with Gasteiger partial charge in [0.25, 0.3) is 0 Å². The molecule has 0 aliphatic carbocycles. The van der Waals surface area contributed by atoms with Crippen LogP contribution in [0.4, 0.5) is 4.79 Å². The Morgan fingerprint density at radius 1 is 1.10 bits per heavy atom. The van der Waals surface area contributed by atoms with Crippen molar-refractivity contribution in [2.45, 2.75) is 65.3 Å². The number of carbonyl (C=O) groups is 1. The first kappa shape index (κ1) is 24.1. The van der Waals surface area contributed by atoms with E-state index in [1.807, 2.05) is 72.7 Å². The highest BCUT2D eigenvalue weighted by molar-refractivity contribution is 6.56. The summed E-state index contributed by atoms with van der Waals surface area (Å²) >= 11 is 0. The maximum absolute atomic E-state index is 12.2. The summed E-state index contributed by atoms with van der Waals surface area (Å²) in [4.78, 5) is 12.2. The monoisotopic (exact) mass is 419 g/mol. The maximum Gasteiger partial charge on any atom is 0.492 e. The molecule has 1 aromatic rings. The Hall–Kier alpha value is -2.19. The van der Waals surface area contributed by atoms with Gasteiger partial charge in [0.05, 0.1) is 25.4 Å². The number of benzene rings is 1. The summed E-state index contributed by atoms with van der Waals surface area (Å²) in [6.45, 7) is 13.6. The van der Waals surface area contributed by atoms with E-state index >= 15 is 0 Å². The molecule has 1 saturated heterocycles. The Balaban J connectivity index is 2.37. The summed E-state index contributed by atoms with van der Waals surface area (Å²) < 4.78 is 28.6. The van der Waals surface area contributed by atoms with Crippen molar-refractivity contribution in [3.05, 3.63) is 29.2 Å². The molecule has 1 aromatic carbocycles. The average Bonchev–Trinajstić information content (AvgIpc) is 2.84. The van der Waals surface area contributed by atoms with Gasteiger partial charge in [-0.15, -0.1) is 0 Å². The van der Waals surface area contributed by atoms with Gasteiger partial charge in [0.2, 0.25) is 0 Å². The fourth-order valence-electron chi connectivity index (χ4n) is 2.84. The Bertz CT molecular complexity index is 781. The number of hydrogen-bond acceptors (Lipinski definition) is 6. The van der Waals surface area contributed by atoms with E-state index in [4.69, 9.17) is 23.5 Å². The third-order valence-corrected chi connectivity index (χ3v) is 5.17. The quantitative estimate of drug-likeness (QED) is 0.696. The van der Waals surface area contributed by atoms with Crippen LogP contribution in [0.1, 0.15) is 54.0 Å². The molecule has 1 fully saturated rings. The van der Waals surface area contributed by atoms with Crippen LogP contribution in [-0.2, 0) is 14.0 Å². The molecule has 0 unspecified atom stereocenters. The first-order valence-corrected chi connectivity index (χ1v) is 10.0. The van der Waals surface area contributed by atoms with Gasteiger partial charge in [0.15, 0.2) is 0 Å². The molecule has 0 aromatic heterocycles. The lowest BCUT2D eigenvalue weighted by molar-refractivity contribution is 0.00578. The van der Waals surface area contributed by atoms with Gasteiger partial charge in [-0.25, -0.2) is 4.79 Å². The van der Waals surface area contributed by atoms with Gasteiger partial charge in [0.1, 0.15) is 17.1 Å². The molecule has 0 radical (unpaired) electrons. The molecule has 8 heteroatoms. The van der Waals surface area contributed by atoms with Gasteiger partial charge < -0.3 is 28.8 Å². The number of hydrogen-bond donors (Lipinski definition) is 1. The fourth-order valence-corrected chi connectivity index (χ4v) is 2.84. The molecule has 0 spiro atoms. The largest absolute Gasteiger partial charge is 0.497 e. The number of ether oxygens (including phenoxy) is 3. The first-order valence-electron chi connectivity index (χ1n) is 10.0. The molecule has 1 aliphatic heterocycles. The SMILES string of the molecule is COc1ccc(OC)c(C=C(CNC(=O)OC(C)(C)C)B2OC(C)(C)C(C)(C)O2)c1. The second-order valence-corrected chi connectivity index (χ2v) is 9.27. The normalized spacial score (nSPS) is 18.2. The highest BCUT2D eigenvalue weighted by Gasteiger charge is 2.52. The number of carbonyl (C=O) groups excluding carboxylic acids is 1. The Morgan fingerprint density at radius 2 is 1.70 bits per heavy atom. The zero-order valence-electron chi connectivity index (χ0n) is 19.5. The summed E-state index contributed by atoms with van der Waals surface area (Å²) in [5.41, 5.74) is -0.102. The zero-order valence-corrected chi connectivity index (χ0v) is 19.5. The standard InChI is InChI=1S/C22H34BNO6/c1-20(2,3)28-19(25)24-14-16(23-29-21(4,5)22(6,7)30-23)12-15-13-17(26-8)10-11-18(15)27-9/h10-13H,14H2,1-9H3,(H,24,25). The van der Waals surface area contributed by atoms with Crippen LogP contribution < -0.4 is 14.8 Å². The van der Waals surface area contributed by atoms with Crippen LogP contribution >= 0.6 is 0 Å². The van der Waals surface area contributed by atoms with Gasteiger partial charge in [-0.05, 0) is 72.1 Å².